The van der Waals surface area contributed by atoms with E-state index in [1.165, 1.54) is 0 Å². The SMILES string of the molecule is COc1ccc(Br)cc1CNCC1(N)CC1. The first-order valence-corrected chi connectivity index (χ1v) is 6.24. The van der Waals surface area contributed by atoms with Crippen molar-refractivity contribution < 1.29 is 4.74 Å². The molecule has 3 N–H and O–H groups in total. The second-order valence-electron chi connectivity index (χ2n) is 4.42. The maximum absolute atomic E-state index is 6.01. The van der Waals surface area contributed by atoms with Crippen molar-refractivity contribution >= 4 is 15.9 Å². The van der Waals surface area contributed by atoms with E-state index in [-0.39, 0.29) is 5.54 Å². The zero-order valence-electron chi connectivity index (χ0n) is 9.42. The van der Waals surface area contributed by atoms with Crippen LogP contribution in [0.5, 0.6) is 5.75 Å². The highest BCUT2D eigenvalue weighted by Gasteiger charge is 2.37. The molecule has 2 rings (SSSR count). The summed E-state index contributed by atoms with van der Waals surface area (Å²) in [7, 11) is 1.69. The standard InChI is InChI=1S/C12H17BrN2O/c1-16-11-3-2-10(13)6-9(11)7-15-8-12(14)4-5-12/h2-3,6,15H,4-5,7-8,14H2,1H3. The predicted molar refractivity (Wildman–Crippen MR) is 68.6 cm³/mol. The van der Waals surface area contributed by atoms with E-state index in [4.69, 9.17) is 10.5 Å². The van der Waals surface area contributed by atoms with Crippen LogP contribution in [0, 0.1) is 0 Å². The van der Waals surface area contributed by atoms with E-state index in [0.717, 1.165) is 41.7 Å². The lowest BCUT2D eigenvalue weighted by atomic mass is 10.2. The number of hydrogen-bond acceptors (Lipinski definition) is 3. The molecule has 16 heavy (non-hydrogen) atoms. The molecule has 0 unspecified atom stereocenters. The van der Waals surface area contributed by atoms with Crippen LogP contribution < -0.4 is 15.8 Å². The third kappa shape index (κ3) is 2.97. The fraction of sp³-hybridized carbons (Fsp3) is 0.500. The number of benzene rings is 1. The van der Waals surface area contributed by atoms with Crippen molar-refractivity contribution in [3.8, 4) is 5.75 Å². The van der Waals surface area contributed by atoms with Gasteiger partial charge in [0, 0.05) is 28.7 Å². The molecule has 1 saturated carbocycles. The zero-order chi connectivity index (χ0) is 11.6. The van der Waals surface area contributed by atoms with E-state index in [0.29, 0.717) is 0 Å². The molecule has 1 aliphatic carbocycles. The summed E-state index contributed by atoms with van der Waals surface area (Å²) in [6.07, 6.45) is 2.27. The zero-order valence-corrected chi connectivity index (χ0v) is 11.0. The number of nitrogens with one attached hydrogen (secondary N) is 1. The molecule has 1 aliphatic rings. The minimum Gasteiger partial charge on any atom is -0.496 e. The van der Waals surface area contributed by atoms with Gasteiger partial charge >= 0.3 is 0 Å². The molecule has 0 radical (unpaired) electrons. The smallest absolute Gasteiger partial charge is 0.123 e. The van der Waals surface area contributed by atoms with Crippen LogP contribution in [0.4, 0.5) is 0 Å². The van der Waals surface area contributed by atoms with Gasteiger partial charge in [0.1, 0.15) is 5.75 Å². The molecule has 0 saturated heterocycles. The topological polar surface area (TPSA) is 47.3 Å². The second kappa shape index (κ2) is 4.73. The lowest BCUT2D eigenvalue weighted by Gasteiger charge is -2.12. The Bertz CT molecular complexity index is 377. The van der Waals surface area contributed by atoms with Gasteiger partial charge in [0.2, 0.25) is 0 Å². The van der Waals surface area contributed by atoms with Crippen molar-refractivity contribution in [3.05, 3.63) is 28.2 Å². The van der Waals surface area contributed by atoms with Crippen LogP contribution >= 0.6 is 15.9 Å². The molecule has 3 nitrogen and oxygen atoms in total. The molecule has 0 heterocycles. The molecule has 88 valence electrons. The molecule has 4 heteroatoms. The fourth-order valence-electron chi connectivity index (χ4n) is 1.67. The van der Waals surface area contributed by atoms with Crippen molar-refractivity contribution in [2.24, 2.45) is 5.73 Å². The summed E-state index contributed by atoms with van der Waals surface area (Å²) < 4.78 is 6.38. The largest absolute Gasteiger partial charge is 0.496 e. The molecule has 0 aliphatic heterocycles. The van der Waals surface area contributed by atoms with E-state index < -0.39 is 0 Å². The van der Waals surface area contributed by atoms with Crippen molar-refractivity contribution in [1.29, 1.82) is 0 Å². The lowest BCUT2D eigenvalue weighted by molar-refractivity contribution is 0.407. The van der Waals surface area contributed by atoms with Crippen LogP contribution in [0.1, 0.15) is 18.4 Å². The molecule has 0 spiro atoms. The van der Waals surface area contributed by atoms with Gasteiger partial charge in [-0.25, -0.2) is 0 Å². The van der Waals surface area contributed by atoms with Crippen LogP contribution in [0.2, 0.25) is 0 Å². The molecular weight excluding hydrogens is 268 g/mol. The van der Waals surface area contributed by atoms with Crippen LogP contribution in [0.15, 0.2) is 22.7 Å². The average molecular weight is 285 g/mol. The Morgan fingerprint density at radius 1 is 1.50 bits per heavy atom. The van der Waals surface area contributed by atoms with E-state index in [1.807, 2.05) is 12.1 Å². The van der Waals surface area contributed by atoms with Crippen LogP contribution in [-0.4, -0.2) is 19.2 Å². The van der Waals surface area contributed by atoms with E-state index in [1.54, 1.807) is 7.11 Å². The van der Waals surface area contributed by atoms with Crippen LogP contribution in [-0.2, 0) is 6.54 Å². The quantitative estimate of drug-likeness (QED) is 0.870. The lowest BCUT2D eigenvalue weighted by Crippen LogP contribution is -2.35. The van der Waals surface area contributed by atoms with Crippen molar-refractivity contribution in [3.63, 3.8) is 0 Å². The highest BCUT2D eigenvalue weighted by atomic mass is 79.9. The molecule has 1 fully saturated rings. The first-order valence-electron chi connectivity index (χ1n) is 5.45. The van der Waals surface area contributed by atoms with Crippen molar-refractivity contribution in [2.75, 3.05) is 13.7 Å². The summed E-state index contributed by atoms with van der Waals surface area (Å²) in [5.41, 5.74) is 7.22. The Morgan fingerprint density at radius 3 is 2.88 bits per heavy atom. The fourth-order valence-corrected chi connectivity index (χ4v) is 2.08. The highest BCUT2D eigenvalue weighted by molar-refractivity contribution is 9.10. The van der Waals surface area contributed by atoms with Gasteiger partial charge in [-0.3, -0.25) is 0 Å². The van der Waals surface area contributed by atoms with Gasteiger partial charge in [-0.15, -0.1) is 0 Å². The molecule has 0 bridgehead atoms. The minimum atomic E-state index is 0.0548. The summed E-state index contributed by atoms with van der Waals surface area (Å²) in [5, 5.41) is 3.38. The third-order valence-electron chi connectivity index (χ3n) is 2.93. The Kier molecular flexibility index (Phi) is 3.52. The summed E-state index contributed by atoms with van der Waals surface area (Å²) in [6.45, 7) is 1.67. The normalized spacial score (nSPS) is 17.2. The number of methoxy groups -OCH3 is 1. The van der Waals surface area contributed by atoms with Gasteiger partial charge in [0.05, 0.1) is 7.11 Å². The number of hydrogen-bond donors (Lipinski definition) is 2. The number of halogens is 1. The van der Waals surface area contributed by atoms with Gasteiger partial charge in [-0.1, -0.05) is 15.9 Å². The van der Waals surface area contributed by atoms with Gasteiger partial charge < -0.3 is 15.8 Å². The third-order valence-corrected chi connectivity index (χ3v) is 3.42. The summed E-state index contributed by atoms with van der Waals surface area (Å²) >= 11 is 3.46. The Morgan fingerprint density at radius 2 is 2.25 bits per heavy atom. The number of ether oxygens (including phenoxy) is 1. The monoisotopic (exact) mass is 284 g/mol. The average Bonchev–Trinajstić information content (AvgIpc) is 2.97. The van der Waals surface area contributed by atoms with Gasteiger partial charge in [0.15, 0.2) is 0 Å². The van der Waals surface area contributed by atoms with E-state index in [2.05, 4.69) is 27.3 Å². The summed E-state index contributed by atoms with van der Waals surface area (Å²) in [4.78, 5) is 0. The van der Waals surface area contributed by atoms with E-state index in [9.17, 15) is 0 Å². The van der Waals surface area contributed by atoms with Gasteiger partial charge in [0.25, 0.3) is 0 Å². The summed E-state index contributed by atoms with van der Waals surface area (Å²) in [5.74, 6) is 0.914. The molecular formula is C12H17BrN2O. The second-order valence-corrected chi connectivity index (χ2v) is 5.34. The Hall–Kier alpha value is -0.580. The predicted octanol–water partition coefficient (Wildman–Crippen LogP) is 2.04. The minimum absolute atomic E-state index is 0.0548. The number of rotatable bonds is 5. The maximum atomic E-state index is 6.01. The van der Waals surface area contributed by atoms with Gasteiger partial charge in [-0.05, 0) is 31.0 Å². The van der Waals surface area contributed by atoms with Crippen molar-refractivity contribution in [1.82, 2.24) is 5.32 Å². The first-order chi connectivity index (χ1) is 7.63. The van der Waals surface area contributed by atoms with Crippen molar-refractivity contribution in [2.45, 2.75) is 24.9 Å². The summed E-state index contributed by atoms with van der Waals surface area (Å²) in [6, 6.07) is 6.02. The first kappa shape index (κ1) is 11.9. The highest BCUT2D eigenvalue weighted by Crippen LogP contribution is 2.31. The molecule has 0 amide bonds. The Balaban J connectivity index is 1.94. The van der Waals surface area contributed by atoms with Crippen LogP contribution in [0.25, 0.3) is 0 Å². The Labute approximate surface area is 104 Å². The molecule has 1 aromatic carbocycles. The van der Waals surface area contributed by atoms with E-state index >= 15 is 0 Å². The number of nitrogens with two attached hydrogens (primary N) is 1. The van der Waals surface area contributed by atoms with Gasteiger partial charge in [-0.2, -0.15) is 0 Å². The molecule has 0 atom stereocenters. The maximum Gasteiger partial charge on any atom is 0.123 e. The molecule has 1 aromatic rings. The van der Waals surface area contributed by atoms with Crippen LogP contribution in [0.3, 0.4) is 0 Å². The molecule has 0 aromatic heterocycles.